The Morgan fingerprint density at radius 2 is 2.00 bits per heavy atom. The number of hydrogen-bond donors (Lipinski definition) is 0. The van der Waals surface area contributed by atoms with E-state index in [1.165, 1.54) is 16.4 Å². The maximum Gasteiger partial charge on any atom is 0.273 e. The first kappa shape index (κ1) is 15.9. The van der Waals surface area contributed by atoms with E-state index >= 15 is 0 Å². The van der Waals surface area contributed by atoms with Gasteiger partial charge in [-0.15, -0.1) is 0 Å². The zero-order valence-electron chi connectivity index (χ0n) is 12.5. The van der Waals surface area contributed by atoms with E-state index in [4.69, 9.17) is 0 Å². The Kier molecular flexibility index (Phi) is 4.34. The Bertz CT molecular complexity index is 670. The highest BCUT2D eigenvalue weighted by molar-refractivity contribution is 7.89. The predicted octanol–water partition coefficient (Wildman–Crippen LogP) is 2.63. The molecule has 0 radical (unpaired) electrons. The third kappa shape index (κ3) is 3.08. The molecule has 0 unspecified atom stereocenters. The SMILES string of the molecule is Cc1cc(S(=O)(=O)N2CCC[C@@H](C)C2)cc([N+](=O)[O-])c1C. The van der Waals surface area contributed by atoms with E-state index in [2.05, 4.69) is 0 Å². The summed E-state index contributed by atoms with van der Waals surface area (Å²) in [6.45, 7) is 6.30. The zero-order chi connectivity index (χ0) is 15.8. The van der Waals surface area contributed by atoms with Crippen LogP contribution in [0.5, 0.6) is 0 Å². The van der Waals surface area contributed by atoms with Gasteiger partial charge in [-0.2, -0.15) is 4.31 Å². The monoisotopic (exact) mass is 312 g/mol. The number of sulfonamides is 1. The second-order valence-corrected chi connectivity index (χ2v) is 7.69. The molecule has 0 amide bonds. The number of nitro groups is 1. The first-order chi connectivity index (χ1) is 9.73. The number of aryl methyl sites for hydroxylation is 1. The van der Waals surface area contributed by atoms with Gasteiger partial charge in [0, 0.05) is 24.7 Å². The van der Waals surface area contributed by atoms with Crippen LogP contribution in [0, 0.1) is 29.9 Å². The standard InChI is InChI=1S/C14H20N2O4S/c1-10-5-4-6-15(9-10)21(19,20)13-7-11(2)12(3)14(8-13)16(17)18/h7-8,10H,4-6,9H2,1-3H3/t10-/m1/s1. The summed E-state index contributed by atoms with van der Waals surface area (Å²) in [5, 5.41) is 11.1. The molecule has 0 saturated carbocycles. The largest absolute Gasteiger partial charge is 0.273 e. The van der Waals surface area contributed by atoms with Gasteiger partial charge in [0.15, 0.2) is 0 Å². The van der Waals surface area contributed by atoms with E-state index in [9.17, 15) is 18.5 Å². The van der Waals surface area contributed by atoms with Crippen LogP contribution in [-0.4, -0.2) is 30.7 Å². The lowest BCUT2D eigenvalue weighted by Gasteiger charge is -2.30. The van der Waals surface area contributed by atoms with Crippen LogP contribution in [-0.2, 0) is 10.0 Å². The number of rotatable bonds is 3. The van der Waals surface area contributed by atoms with Gasteiger partial charge in [0.25, 0.3) is 5.69 Å². The first-order valence-electron chi connectivity index (χ1n) is 6.99. The zero-order valence-corrected chi connectivity index (χ0v) is 13.3. The van der Waals surface area contributed by atoms with Gasteiger partial charge in [-0.3, -0.25) is 10.1 Å². The lowest BCUT2D eigenvalue weighted by atomic mass is 10.0. The minimum absolute atomic E-state index is 0.0198. The molecule has 2 rings (SSSR count). The third-order valence-electron chi connectivity index (χ3n) is 4.07. The summed E-state index contributed by atoms with van der Waals surface area (Å²) >= 11 is 0. The molecular formula is C14H20N2O4S. The fourth-order valence-electron chi connectivity index (χ4n) is 2.66. The molecule has 21 heavy (non-hydrogen) atoms. The molecule has 6 nitrogen and oxygen atoms in total. The van der Waals surface area contributed by atoms with E-state index in [0.717, 1.165) is 12.8 Å². The summed E-state index contributed by atoms with van der Waals surface area (Å²) in [5.41, 5.74) is 0.984. The highest BCUT2D eigenvalue weighted by Gasteiger charge is 2.30. The molecule has 0 bridgehead atoms. The summed E-state index contributed by atoms with van der Waals surface area (Å²) in [6.07, 6.45) is 1.84. The van der Waals surface area contributed by atoms with Crippen molar-refractivity contribution in [1.82, 2.24) is 4.31 Å². The van der Waals surface area contributed by atoms with Crippen molar-refractivity contribution in [1.29, 1.82) is 0 Å². The van der Waals surface area contributed by atoms with Crippen molar-refractivity contribution >= 4 is 15.7 Å². The fraction of sp³-hybridized carbons (Fsp3) is 0.571. The number of hydrogen-bond acceptors (Lipinski definition) is 4. The van der Waals surface area contributed by atoms with Crippen LogP contribution in [0.25, 0.3) is 0 Å². The predicted molar refractivity (Wildman–Crippen MR) is 79.7 cm³/mol. The first-order valence-corrected chi connectivity index (χ1v) is 8.43. The molecular weight excluding hydrogens is 292 g/mol. The average molecular weight is 312 g/mol. The summed E-state index contributed by atoms with van der Waals surface area (Å²) < 4.78 is 26.8. The van der Waals surface area contributed by atoms with Crippen LogP contribution < -0.4 is 0 Å². The van der Waals surface area contributed by atoms with Gasteiger partial charge in [0.2, 0.25) is 10.0 Å². The molecule has 1 heterocycles. The maximum atomic E-state index is 12.7. The van der Waals surface area contributed by atoms with Crippen molar-refractivity contribution in [2.45, 2.75) is 38.5 Å². The molecule has 0 spiro atoms. The molecule has 0 N–H and O–H groups in total. The molecule has 1 atom stereocenters. The van der Waals surface area contributed by atoms with Crippen molar-refractivity contribution in [3.63, 3.8) is 0 Å². The van der Waals surface area contributed by atoms with Crippen LogP contribution in [0.3, 0.4) is 0 Å². The van der Waals surface area contributed by atoms with Gasteiger partial charge in [0.1, 0.15) is 0 Å². The number of nitro benzene ring substituents is 1. The van der Waals surface area contributed by atoms with Gasteiger partial charge in [-0.05, 0) is 44.2 Å². The van der Waals surface area contributed by atoms with Crippen LogP contribution in [0.2, 0.25) is 0 Å². The summed E-state index contributed by atoms with van der Waals surface area (Å²) in [6, 6.07) is 2.70. The molecule has 1 aromatic rings. The second kappa shape index (κ2) is 5.73. The summed E-state index contributed by atoms with van der Waals surface area (Å²) in [4.78, 5) is 10.6. The number of benzene rings is 1. The van der Waals surface area contributed by atoms with E-state index < -0.39 is 14.9 Å². The van der Waals surface area contributed by atoms with Crippen molar-refractivity contribution < 1.29 is 13.3 Å². The third-order valence-corrected chi connectivity index (χ3v) is 5.91. The van der Waals surface area contributed by atoms with E-state index in [1.807, 2.05) is 6.92 Å². The van der Waals surface area contributed by atoms with Gasteiger partial charge in [-0.25, -0.2) is 8.42 Å². The fourth-order valence-corrected chi connectivity index (χ4v) is 4.37. The highest BCUT2D eigenvalue weighted by atomic mass is 32.2. The quantitative estimate of drug-likeness (QED) is 0.634. The van der Waals surface area contributed by atoms with Crippen LogP contribution in [0.15, 0.2) is 17.0 Å². The van der Waals surface area contributed by atoms with E-state index in [0.29, 0.717) is 30.1 Å². The van der Waals surface area contributed by atoms with Crippen LogP contribution in [0.1, 0.15) is 30.9 Å². The molecule has 1 saturated heterocycles. The Labute approximate surface area is 125 Å². The van der Waals surface area contributed by atoms with Crippen molar-refractivity contribution in [3.8, 4) is 0 Å². The van der Waals surface area contributed by atoms with E-state index in [-0.39, 0.29) is 10.6 Å². The Morgan fingerprint density at radius 3 is 2.57 bits per heavy atom. The molecule has 7 heteroatoms. The minimum Gasteiger partial charge on any atom is -0.258 e. The van der Waals surface area contributed by atoms with Crippen LogP contribution in [0.4, 0.5) is 5.69 Å². The molecule has 0 aliphatic carbocycles. The normalized spacial score (nSPS) is 20.4. The van der Waals surface area contributed by atoms with Gasteiger partial charge >= 0.3 is 0 Å². The topological polar surface area (TPSA) is 80.5 Å². The lowest BCUT2D eigenvalue weighted by Crippen LogP contribution is -2.39. The molecule has 1 aliphatic heterocycles. The number of nitrogens with zero attached hydrogens (tertiary/aromatic N) is 2. The molecule has 1 fully saturated rings. The number of piperidine rings is 1. The summed E-state index contributed by atoms with van der Waals surface area (Å²) in [5.74, 6) is 0.315. The van der Waals surface area contributed by atoms with E-state index in [1.54, 1.807) is 13.8 Å². The average Bonchev–Trinajstić information content (AvgIpc) is 2.41. The summed E-state index contributed by atoms with van der Waals surface area (Å²) in [7, 11) is -3.66. The van der Waals surface area contributed by atoms with Gasteiger partial charge in [-0.1, -0.05) is 6.92 Å². The molecule has 1 aliphatic rings. The van der Waals surface area contributed by atoms with Gasteiger partial charge in [0.05, 0.1) is 9.82 Å². The Hall–Kier alpha value is -1.47. The lowest BCUT2D eigenvalue weighted by molar-refractivity contribution is -0.385. The smallest absolute Gasteiger partial charge is 0.258 e. The van der Waals surface area contributed by atoms with Crippen molar-refractivity contribution in [2.24, 2.45) is 5.92 Å². The minimum atomic E-state index is -3.66. The molecule has 116 valence electrons. The van der Waals surface area contributed by atoms with Crippen LogP contribution >= 0.6 is 0 Å². The Balaban J connectivity index is 2.47. The second-order valence-electron chi connectivity index (χ2n) is 5.75. The molecule has 1 aromatic carbocycles. The maximum absolute atomic E-state index is 12.7. The van der Waals surface area contributed by atoms with Crippen molar-refractivity contribution in [2.75, 3.05) is 13.1 Å². The Morgan fingerprint density at radius 1 is 1.33 bits per heavy atom. The highest BCUT2D eigenvalue weighted by Crippen LogP contribution is 2.29. The van der Waals surface area contributed by atoms with Gasteiger partial charge < -0.3 is 0 Å². The van der Waals surface area contributed by atoms with Crippen molar-refractivity contribution in [3.05, 3.63) is 33.4 Å². The molecule has 0 aromatic heterocycles.